The van der Waals surface area contributed by atoms with E-state index in [0.29, 0.717) is 28.7 Å². The number of hydrogen-bond acceptors (Lipinski definition) is 6. The summed E-state index contributed by atoms with van der Waals surface area (Å²) in [6.45, 7) is 0.521. The third kappa shape index (κ3) is 4.26. The lowest BCUT2D eigenvalue weighted by molar-refractivity contribution is 0.0697. The maximum absolute atomic E-state index is 11.9. The Hall–Kier alpha value is -3.16. The van der Waals surface area contributed by atoms with E-state index in [0.717, 1.165) is 34.3 Å². The van der Waals surface area contributed by atoms with Gasteiger partial charge in [0.2, 0.25) is 0 Å². The SMILES string of the molecule is COc1ccc(CNc2ccc(C(=O)O)c(-c3ncc4c5c(sc4n3)CCCC5)c2)cc1Cl. The van der Waals surface area contributed by atoms with E-state index in [1.165, 1.54) is 23.3 Å². The highest BCUT2D eigenvalue weighted by atomic mass is 35.5. The van der Waals surface area contributed by atoms with Gasteiger partial charge in [-0.3, -0.25) is 0 Å². The van der Waals surface area contributed by atoms with Gasteiger partial charge in [-0.05, 0) is 67.1 Å². The van der Waals surface area contributed by atoms with Crippen LogP contribution in [0.2, 0.25) is 5.02 Å². The van der Waals surface area contributed by atoms with Crippen molar-refractivity contribution in [1.82, 2.24) is 9.97 Å². The zero-order valence-electron chi connectivity index (χ0n) is 18.0. The molecule has 0 atom stereocenters. The van der Waals surface area contributed by atoms with Crippen LogP contribution in [0.25, 0.3) is 21.6 Å². The molecule has 2 N–H and O–H groups in total. The number of fused-ring (bicyclic) bond motifs is 3. The molecule has 0 aliphatic heterocycles. The van der Waals surface area contributed by atoms with E-state index in [1.807, 2.05) is 24.4 Å². The first kappa shape index (κ1) is 21.7. The first-order valence-electron chi connectivity index (χ1n) is 10.7. The zero-order chi connectivity index (χ0) is 22.9. The van der Waals surface area contributed by atoms with Crippen LogP contribution in [-0.2, 0) is 19.4 Å². The van der Waals surface area contributed by atoms with E-state index in [-0.39, 0.29) is 5.56 Å². The number of methoxy groups -OCH3 is 1. The van der Waals surface area contributed by atoms with Crippen molar-refractivity contribution in [3.8, 4) is 17.1 Å². The van der Waals surface area contributed by atoms with Gasteiger partial charge in [-0.25, -0.2) is 14.8 Å². The molecule has 5 rings (SSSR count). The third-order valence-corrected chi connectivity index (χ3v) is 7.42. The molecule has 0 unspecified atom stereocenters. The van der Waals surface area contributed by atoms with Gasteiger partial charge in [-0.15, -0.1) is 11.3 Å². The lowest BCUT2D eigenvalue weighted by Crippen LogP contribution is -2.05. The quantitative estimate of drug-likeness (QED) is 0.342. The fraction of sp³-hybridized carbons (Fsp3) is 0.240. The van der Waals surface area contributed by atoms with Gasteiger partial charge >= 0.3 is 5.97 Å². The molecule has 8 heteroatoms. The van der Waals surface area contributed by atoms with E-state index in [9.17, 15) is 9.90 Å². The number of rotatable bonds is 6. The van der Waals surface area contributed by atoms with Gasteiger partial charge in [0.25, 0.3) is 0 Å². The average molecular weight is 480 g/mol. The van der Waals surface area contributed by atoms with Crippen LogP contribution in [0.3, 0.4) is 0 Å². The largest absolute Gasteiger partial charge is 0.495 e. The highest BCUT2D eigenvalue weighted by Crippen LogP contribution is 2.36. The number of aromatic nitrogens is 2. The van der Waals surface area contributed by atoms with Crippen molar-refractivity contribution in [3.63, 3.8) is 0 Å². The van der Waals surface area contributed by atoms with Crippen LogP contribution >= 0.6 is 22.9 Å². The van der Waals surface area contributed by atoms with E-state index in [1.54, 1.807) is 36.6 Å². The number of benzene rings is 2. The molecule has 6 nitrogen and oxygen atoms in total. The maximum Gasteiger partial charge on any atom is 0.336 e. The molecule has 1 aliphatic rings. The van der Waals surface area contributed by atoms with Gasteiger partial charge in [0.1, 0.15) is 10.6 Å². The van der Waals surface area contributed by atoms with Crippen LogP contribution in [-0.4, -0.2) is 28.2 Å². The minimum atomic E-state index is -1.01. The summed E-state index contributed by atoms with van der Waals surface area (Å²) >= 11 is 7.93. The number of halogens is 1. The van der Waals surface area contributed by atoms with E-state index in [4.69, 9.17) is 21.3 Å². The van der Waals surface area contributed by atoms with Crippen molar-refractivity contribution >= 4 is 44.8 Å². The molecule has 1 aliphatic carbocycles. The Kier molecular flexibility index (Phi) is 5.91. The highest BCUT2D eigenvalue weighted by Gasteiger charge is 2.20. The summed E-state index contributed by atoms with van der Waals surface area (Å²) in [6.07, 6.45) is 6.39. The van der Waals surface area contributed by atoms with Crippen LogP contribution in [0.1, 0.15) is 39.2 Å². The number of nitrogens with zero attached hydrogens (tertiary/aromatic N) is 2. The molecule has 168 valence electrons. The van der Waals surface area contributed by atoms with E-state index < -0.39 is 5.97 Å². The molecule has 0 radical (unpaired) electrons. The second-order valence-corrected chi connectivity index (χ2v) is 9.50. The second kappa shape index (κ2) is 9.00. The molecular formula is C25H22ClN3O3S. The number of thiophene rings is 1. The molecule has 0 amide bonds. The lowest BCUT2D eigenvalue weighted by Gasteiger charge is -2.12. The van der Waals surface area contributed by atoms with Crippen molar-refractivity contribution < 1.29 is 14.6 Å². The fourth-order valence-corrected chi connectivity index (χ4v) is 5.74. The normalized spacial score (nSPS) is 13.0. The smallest absolute Gasteiger partial charge is 0.336 e. The standard InChI is InChI=1S/C25H22ClN3O3S/c1-32-21-9-6-14(10-20(21)26)12-27-15-7-8-17(25(30)31)18(11-15)23-28-13-19-16-4-2-3-5-22(16)33-24(19)29-23/h6-11,13,27H,2-5,12H2,1H3,(H,30,31). The summed E-state index contributed by atoms with van der Waals surface area (Å²) in [5.74, 6) is 0.0404. The van der Waals surface area contributed by atoms with E-state index in [2.05, 4.69) is 10.3 Å². The first-order valence-corrected chi connectivity index (χ1v) is 11.9. The Balaban J connectivity index is 1.47. The minimum absolute atomic E-state index is 0.175. The van der Waals surface area contributed by atoms with Gasteiger partial charge in [0.15, 0.2) is 5.82 Å². The molecule has 4 aromatic rings. The maximum atomic E-state index is 11.9. The van der Waals surface area contributed by atoms with Gasteiger partial charge < -0.3 is 15.2 Å². The predicted molar refractivity (Wildman–Crippen MR) is 132 cm³/mol. The summed E-state index contributed by atoms with van der Waals surface area (Å²) in [6, 6.07) is 10.7. The number of nitrogens with one attached hydrogen (secondary N) is 1. The second-order valence-electron chi connectivity index (χ2n) is 8.01. The molecule has 0 saturated heterocycles. The number of aromatic carboxylic acids is 1. The van der Waals surface area contributed by atoms with Crippen molar-refractivity contribution in [3.05, 3.63) is 69.2 Å². The summed E-state index contributed by atoms with van der Waals surface area (Å²) in [5, 5.41) is 14.7. The number of aryl methyl sites for hydroxylation is 2. The molecule has 2 aromatic heterocycles. The van der Waals surface area contributed by atoms with Gasteiger partial charge in [0, 0.05) is 34.3 Å². The predicted octanol–water partition coefficient (Wildman–Crippen LogP) is 6.21. The summed E-state index contributed by atoms with van der Waals surface area (Å²) in [5.41, 5.74) is 3.78. The fourth-order valence-electron chi connectivity index (χ4n) is 4.22. The Bertz CT molecular complexity index is 1370. The minimum Gasteiger partial charge on any atom is -0.495 e. The van der Waals surface area contributed by atoms with Crippen LogP contribution in [0.15, 0.2) is 42.6 Å². The van der Waals surface area contributed by atoms with Gasteiger partial charge in [0.05, 0.1) is 17.7 Å². The van der Waals surface area contributed by atoms with E-state index >= 15 is 0 Å². The number of carbonyl (C=O) groups is 1. The van der Waals surface area contributed by atoms with Crippen molar-refractivity contribution in [2.24, 2.45) is 0 Å². The Labute approximate surface area is 200 Å². The van der Waals surface area contributed by atoms with Crippen LogP contribution in [0, 0.1) is 0 Å². The molecule has 0 fully saturated rings. The average Bonchev–Trinajstić information content (AvgIpc) is 3.20. The van der Waals surface area contributed by atoms with Crippen molar-refractivity contribution in [1.29, 1.82) is 0 Å². The van der Waals surface area contributed by atoms with Gasteiger partial charge in [-0.2, -0.15) is 0 Å². The number of carboxylic acids is 1. The van der Waals surface area contributed by atoms with Crippen LogP contribution < -0.4 is 10.1 Å². The molecule has 0 bridgehead atoms. The molecule has 2 heterocycles. The monoisotopic (exact) mass is 479 g/mol. The Morgan fingerprint density at radius 2 is 2.06 bits per heavy atom. The third-order valence-electron chi connectivity index (χ3n) is 5.92. The number of ether oxygens (including phenoxy) is 1. The Morgan fingerprint density at radius 1 is 1.21 bits per heavy atom. The van der Waals surface area contributed by atoms with Crippen LogP contribution in [0.5, 0.6) is 5.75 Å². The summed E-state index contributed by atoms with van der Waals surface area (Å²) < 4.78 is 5.20. The van der Waals surface area contributed by atoms with Crippen molar-refractivity contribution in [2.45, 2.75) is 32.2 Å². The Morgan fingerprint density at radius 3 is 2.85 bits per heavy atom. The molecule has 0 saturated carbocycles. The number of carboxylic acid groups (broad SMARTS) is 1. The molecule has 2 aromatic carbocycles. The summed E-state index contributed by atoms with van der Waals surface area (Å²) in [4.78, 5) is 23.5. The van der Waals surface area contributed by atoms with Crippen LogP contribution in [0.4, 0.5) is 5.69 Å². The number of anilines is 1. The van der Waals surface area contributed by atoms with Crippen molar-refractivity contribution in [2.75, 3.05) is 12.4 Å². The molecule has 0 spiro atoms. The number of hydrogen-bond donors (Lipinski definition) is 2. The summed E-state index contributed by atoms with van der Waals surface area (Å²) in [7, 11) is 1.58. The highest BCUT2D eigenvalue weighted by molar-refractivity contribution is 7.18. The zero-order valence-corrected chi connectivity index (χ0v) is 19.6. The first-order chi connectivity index (χ1) is 16.0. The molecular weight excluding hydrogens is 458 g/mol. The van der Waals surface area contributed by atoms with Gasteiger partial charge in [-0.1, -0.05) is 17.7 Å². The topological polar surface area (TPSA) is 84.3 Å². The lowest BCUT2D eigenvalue weighted by atomic mass is 9.97. The molecule has 33 heavy (non-hydrogen) atoms.